The predicted octanol–water partition coefficient (Wildman–Crippen LogP) is 2.82. The van der Waals surface area contributed by atoms with E-state index in [4.69, 9.17) is 0 Å². The minimum absolute atomic E-state index is 0.186. The van der Waals surface area contributed by atoms with Crippen LogP contribution in [-0.4, -0.2) is 13.1 Å². The molecule has 0 amide bonds. The van der Waals surface area contributed by atoms with Gasteiger partial charge in [-0.25, -0.2) is 4.79 Å². The van der Waals surface area contributed by atoms with E-state index in [0.717, 1.165) is 12.1 Å². The van der Waals surface area contributed by atoms with E-state index in [1.807, 2.05) is 0 Å². The number of ether oxygens (including phenoxy) is 1. The number of esters is 1. The number of hydrogen-bond donors (Lipinski definition) is 0. The van der Waals surface area contributed by atoms with Crippen LogP contribution in [0.3, 0.4) is 0 Å². The SMILES string of the molecule is COC(=O)C1=Cc2ccc(C(F)(F)F)cc2C1. The van der Waals surface area contributed by atoms with Gasteiger partial charge in [0, 0.05) is 12.0 Å². The third-order valence-electron chi connectivity index (χ3n) is 2.63. The average Bonchev–Trinajstić information content (AvgIpc) is 2.69. The maximum atomic E-state index is 12.5. The fourth-order valence-electron chi connectivity index (χ4n) is 1.78. The van der Waals surface area contributed by atoms with Crippen molar-refractivity contribution in [1.82, 2.24) is 0 Å². The van der Waals surface area contributed by atoms with E-state index in [1.54, 1.807) is 6.08 Å². The molecule has 0 spiro atoms. The first-order valence-corrected chi connectivity index (χ1v) is 4.91. The van der Waals surface area contributed by atoms with Gasteiger partial charge in [-0.15, -0.1) is 0 Å². The van der Waals surface area contributed by atoms with Crippen molar-refractivity contribution in [2.45, 2.75) is 12.6 Å². The average molecular weight is 242 g/mol. The van der Waals surface area contributed by atoms with Crippen LogP contribution < -0.4 is 0 Å². The standard InChI is InChI=1S/C12H9F3O2/c1-17-11(16)9-4-7-2-3-10(12(13,14)15)6-8(7)5-9/h2-4,6H,5H2,1H3. The summed E-state index contributed by atoms with van der Waals surface area (Å²) in [5.41, 5.74) is 0.816. The van der Waals surface area contributed by atoms with Crippen LogP contribution >= 0.6 is 0 Å². The Morgan fingerprint density at radius 1 is 1.35 bits per heavy atom. The molecule has 1 aromatic carbocycles. The lowest BCUT2D eigenvalue weighted by atomic mass is 10.1. The van der Waals surface area contributed by atoms with E-state index in [9.17, 15) is 18.0 Å². The van der Waals surface area contributed by atoms with Crippen molar-refractivity contribution in [1.29, 1.82) is 0 Å². The van der Waals surface area contributed by atoms with Crippen LogP contribution in [0.5, 0.6) is 0 Å². The second-order valence-corrected chi connectivity index (χ2v) is 3.75. The normalized spacial score (nSPS) is 14.2. The van der Waals surface area contributed by atoms with E-state index >= 15 is 0 Å². The molecular formula is C12H9F3O2. The van der Waals surface area contributed by atoms with Crippen LogP contribution in [0.1, 0.15) is 16.7 Å². The summed E-state index contributed by atoms with van der Waals surface area (Å²) in [5.74, 6) is -0.505. The second-order valence-electron chi connectivity index (χ2n) is 3.75. The zero-order valence-electron chi connectivity index (χ0n) is 8.97. The van der Waals surface area contributed by atoms with Crippen molar-refractivity contribution in [2.75, 3.05) is 7.11 Å². The fraction of sp³-hybridized carbons (Fsp3) is 0.250. The molecule has 90 valence electrons. The molecule has 0 aromatic heterocycles. The van der Waals surface area contributed by atoms with Crippen LogP contribution in [0.25, 0.3) is 6.08 Å². The van der Waals surface area contributed by atoms with Gasteiger partial charge in [0.05, 0.1) is 12.7 Å². The maximum absolute atomic E-state index is 12.5. The van der Waals surface area contributed by atoms with Gasteiger partial charge in [-0.3, -0.25) is 0 Å². The molecule has 5 heteroatoms. The van der Waals surface area contributed by atoms with E-state index in [2.05, 4.69) is 4.74 Å². The fourth-order valence-corrected chi connectivity index (χ4v) is 1.78. The van der Waals surface area contributed by atoms with Crippen molar-refractivity contribution in [3.8, 4) is 0 Å². The molecule has 0 unspecified atom stereocenters. The molecule has 1 aliphatic carbocycles. The van der Waals surface area contributed by atoms with Gasteiger partial charge in [-0.05, 0) is 29.3 Å². The summed E-state index contributed by atoms with van der Waals surface area (Å²) >= 11 is 0. The molecule has 0 fully saturated rings. The number of benzene rings is 1. The van der Waals surface area contributed by atoms with Crippen molar-refractivity contribution in [3.05, 3.63) is 40.5 Å². The lowest BCUT2D eigenvalue weighted by Crippen LogP contribution is -2.06. The Kier molecular flexibility index (Phi) is 2.69. The highest BCUT2D eigenvalue weighted by Gasteiger charge is 2.31. The van der Waals surface area contributed by atoms with Gasteiger partial charge in [0.25, 0.3) is 0 Å². The number of carbonyl (C=O) groups is 1. The van der Waals surface area contributed by atoms with E-state index < -0.39 is 17.7 Å². The summed E-state index contributed by atoms with van der Waals surface area (Å²) in [6.45, 7) is 0. The van der Waals surface area contributed by atoms with Gasteiger partial charge in [0.15, 0.2) is 0 Å². The highest BCUT2D eigenvalue weighted by atomic mass is 19.4. The van der Waals surface area contributed by atoms with Crippen LogP contribution in [0.2, 0.25) is 0 Å². The lowest BCUT2D eigenvalue weighted by molar-refractivity contribution is -0.137. The largest absolute Gasteiger partial charge is 0.466 e. The number of fused-ring (bicyclic) bond motifs is 1. The molecule has 0 saturated heterocycles. The monoisotopic (exact) mass is 242 g/mol. The zero-order chi connectivity index (χ0) is 12.6. The first kappa shape index (κ1) is 11.7. The van der Waals surface area contributed by atoms with Crippen molar-refractivity contribution < 1.29 is 22.7 Å². The molecule has 2 rings (SSSR count). The molecule has 0 aliphatic heterocycles. The van der Waals surface area contributed by atoms with Crippen LogP contribution in [0.15, 0.2) is 23.8 Å². The van der Waals surface area contributed by atoms with Crippen molar-refractivity contribution in [3.63, 3.8) is 0 Å². The molecular weight excluding hydrogens is 233 g/mol. The number of methoxy groups -OCH3 is 1. The van der Waals surface area contributed by atoms with Crippen LogP contribution in [0, 0.1) is 0 Å². The van der Waals surface area contributed by atoms with Gasteiger partial charge in [0.2, 0.25) is 0 Å². The van der Waals surface area contributed by atoms with Crippen LogP contribution in [-0.2, 0) is 22.1 Å². The zero-order valence-corrected chi connectivity index (χ0v) is 8.97. The Balaban J connectivity index is 2.31. The third-order valence-corrected chi connectivity index (χ3v) is 2.63. The smallest absolute Gasteiger partial charge is 0.416 e. The van der Waals surface area contributed by atoms with Gasteiger partial charge >= 0.3 is 12.1 Å². The third kappa shape index (κ3) is 2.18. The topological polar surface area (TPSA) is 26.3 Å². The summed E-state index contributed by atoms with van der Waals surface area (Å²) in [6, 6.07) is 3.45. The van der Waals surface area contributed by atoms with Crippen molar-refractivity contribution in [2.24, 2.45) is 0 Å². The molecule has 1 aliphatic rings. The Labute approximate surface area is 95.7 Å². The molecule has 0 radical (unpaired) electrons. The molecule has 2 nitrogen and oxygen atoms in total. The minimum atomic E-state index is -4.36. The number of alkyl halides is 3. The highest BCUT2D eigenvalue weighted by Crippen LogP contribution is 2.34. The molecule has 1 aromatic rings. The molecule has 0 atom stereocenters. The first-order chi connectivity index (χ1) is 7.91. The maximum Gasteiger partial charge on any atom is 0.416 e. The summed E-state index contributed by atoms with van der Waals surface area (Å²) < 4.78 is 41.9. The summed E-state index contributed by atoms with van der Waals surface area (Å²) in [4.78, 5) is 11.3. The predicted molar refractivity (Wildman–Crippen MR) is 55.1 cm³/mol. The van der Waals surface area contributed by atoms with Gasteiger partial charge in [-0.1, -0.05) is 6.07 Å². The first-order valence-electron chi connectivity index (χ1n) is 4.91. The Bertz CT molecular complexity index is 501. The van der Waals surface area contributed by atoms with Gasteiger partial charge in [0.1, 0.15) is 0 Å². The second kappa shape index (κ2) is 3.91. The summed E-state index contributed by atoms with van der Waals surface area (Å²) in [5, 5.41) is 0. The van der Waals surface area contributed by atoms with Crippen molar-refractivity contribution >= 4 is 12.0 Å². The molecule has 17 heavy (non-hydrogen) atoms. The number of rotatable bonds is 1. The number of halogens is 3. The minimum Gasteiger partial charge on any atom is -0.466 e. The Hall–Kier alpha value is -1.78. The van der Waals surface area contributed by atoms with Gasteiger partial charge < -0.3 is 4.74 Å². The number of carbonyl (C=O) groups excluding carboxylic acids is 1. The van der Waals surface area contributed by atoms with Gasteiger partial charge in [-0.2, -0.15) is 13.2 Å². The quantitative estimate of drug-likeness (QED) is 0.708. The van der Waals surface area contributed by atoms with E-state index in [0.29, 0.717) is 16.7 Å². The van der Waals surface area contributed by atoms with E-state index in [1.165, 1.54) is 13.2 Å². The summed E-state index contributed by atoms with van der Waals surface area (Å²) in [7, 11) is 1.24. The van der Waals surface area contributed by atoms with E-state index in [-0.39, 0.29) is 6.42 Å². The number of hydrogen-bond acceptors (Lipinski definition) is 2. The molecule has 0 heterocycles. The molecule has 0 N–H and O–H groups in total. The Morgan fingerprint density at radius 2 is 2.06 bits per heavy atom. The molecule has 0 bridgehead atoms. The highest BCUT2D eigenvalue weighted by molar-refractivity contribution is 5.96. The summed E-state index contributed by atoms with van der Waals surface area (Å²) in [6.07, 6.45) is -2.61. The lowest BCUT2D eigenvalue weighted by Gasteiger charge is -2.08. The van der Waals surface area contributed by atoms with Crippen LogP contribution in [0.4, 0.5) is 13.2 Å². The Morgan fingerprint density at radius 3 is 2.65 bits per heavy atom. The molecule has 0 saturated carbocycles.